The van der Waals surface area contributed by atoms with Crippen LogP contribution in [0.4, 0.5) is 20.3 Å². The van der Waals surface area contributed by atoms with E-state index < -0.39 is 33.0 Å². The molecule has 2 N–H and O–H groups in total. The molecule has 1 saturated heterocycles. The summed E-state index contributed by atoms with van der Waals surface area (Å²) in [5.41, 5.74) is 2.90. The van der Waals surface area contributed by atoms with E-state index in [9.17, 15) is 26.8 Å². The molecule has 4 aliphatic rings. The number of halogens is 2. The van der Waals surface area contributed by atoms with Gasteiger partial charge in [-0.1, -0.05) is 18.9 Å². The van der Waals surface area contributed by atoms with Crippen molar-refractivity contribution in [1.29, 1.82) is 0 Å². The molecule has 2 fully saturated rings. The van der Waals surface area contributed by atoms with Gasteiger partial charge in [0.1, 0.15) is 17.1 Å². The van der Waals surface area contributed by atoms with Crippen LogP contribution in [0.5, 0.6) is 0 Å². The van der Waals surface area contributed by atoms with Crippen molar-refractivity contribution in [1.82, 2.24) is 15.1 Å². The number of rotatable bonds is 7. The fourth-order valence-corrected chi connectivity index (χ4v) is 6.38. The van der Waals surface area contributed by atoms with Crippen molar-refractivity contribution in [2.24, 2.45) is 5.92 Å². The van der Waals surface area contributed by atoms with Crippen LogP contribution in [0.1, 0.15) is 52.9 Å². The van der Waals surface area contributed by atoms with E-state index in [0.29, 0.717) is 37.4 Å². The Morgan fingerprint density at radius 1 is 1.27 bits per heavy atom. The van der Waals surface area contributed by atoms with Gasteiger partial charge < -0.3 is 15.5 Å². The zero-order valence-electron chi connectivity index (χ0n) is 20.5. The summed E-state index contributed by atoms with van der Waals surface area (Å²) in [6.07, 6.45) is 5.92. The van der Waals surface area contributed by atoms with Gasteiger partial charge in [-0.05, 0) is 48.4 Å². The topological polar surface area (TPSA) is 113 Å². The first kappa shape index (κ1) is 24.3. The molecule has 0 bridgehead atoms. The summed E-state index contributed by atoms with van der Waals surface area (Å²) in [5.74, 6) is -3.57. The van der Waals surface area contributed by atoms with Crippen LogP contribution >= 0.6 is 0 Å². The van der Waals surface area contributed by atoms with E-state index in [1.807, 2.05) is 18.2 Å². The number of anilines is 2. The highest BCUT2D eigenvalue weighted by Crippen LogP contribution is 2.45. The monoisotopic (exact) mass is 533 g/mol. The maximum Gasteiger partial charge on any atom is 0.282 e. The molecule has 9 nitrogen and oxygen atoms in total. The molecule has 0 radical (unpaired) electrons. The van der Waals surface area contributed by atoms with E-state index in [0.717, 1.165) is 42.3 Å². The molecule has 198 valence electrons. The maximum absolute atomic E-state index is 13.5. The van der Waals surface area contributed by atoms with Crippen LogP contribution in [0.3, 0.4) is 0 Å². The number of carbonyl (C=O) groups is 2. The first-order chi connectivity index (χ1) is 17.4. The lowest BCUT2D eigenvalue weighted by atomic mass is 9.82. The summed E-state index contributed by atoms with van der Waals surface area (Å²) in [6.45, 7) is -0.0564. The molecule has 12 heteroatoms. The van der Waals surface area contributed by atoms with Gasteiger partial charge in [-0.2, -0.15) is 5.10 Å². The molecule has 2 aromatic rings. The number of fused-ring (bicyclic) bond motifs is 3. The van der Waals surface area contributed by atoms with Gasteiger partial charge in [-0.15, -0.1) is 0 Å². The molecule has 2 aliphatic heterocycles. The summed E-state index contributed by atoms with van der Waals surface area (Å²) >= 11 is 0. The van der Waals surface area contributed by atoms with Crippen LogP contribution < -0.4 is 15.5 Å². The number of carbonyl (C=O) groups excluding carboxylic acids is 2. The Bertz CT molecular complexity index is 1410. The zero-order valence-corrected chi connectivity index (χ0v) is 21.3. The smallest absolute Gasteiger partial charge is 0.282 e. The first-order valence-corrected chi connectivity index (χ1v) is 14.6. The number of aryl methyl sites for hydroxylation is 2. The molecular weight excluding hydrogens is 504 g/mol. The average Bonchev–Trinajstić information content (AvgIpc) is 3.47. The van der Waals surface area contributed by atoms with E-state index in [4.69, 9.17) is 5.10 Å². The summed E-state index contributed by atoms with van der Waals surface area (Å²) in [6, 6.07) is 5.68. The van der Waals surface area contributed by atoms with E-state index in [-0.39, 0.29) is 30.4 Å². The molecule has 3 heterocycles. The molecule has 2 aliphatic carbocycles. The van der Waals surface area contributed by atoms with Crippen molar-refractivity contribution < 1.29 is 26.8 Å². The number of nitrogens with zero attached hydrogens (tertiary/aromatic N) is 3. The Morgan fingerprint density at radius 2 is 2.03 bits per heavy atom. The quantitative estimate of drug-likeness (QED) is 0.565. The Morgan fingerprint density at radius 3 is 2.70 bits per heavy atom. The standard InChI is InChI=1S/C25H29F2N5O4S/c1-37(35,36)12-20(33)28-22-21-19(30-32(22)9-7-15-2-3-15)11-24(29-23(21)34)8-6-16-10-17(4-5-18(16)24)31-13-25(26,27)14-31/h4-5,10,15H,2-3,6-9,11-14H2,1H3,(H,28,33)(H,29,34)/t24-/m1/s1. The van der Waals surface area contributed by atoms with E-state index in [2.05, 4.69) is 10.6 Å². The third-order valence-electron chi connectivity index (χ3n) is 7.81. The predicted octanol–water partition coefficient (Wildman–Crippen LogP) is 2.25. The number of benzene rings is 1. The molecule has 1 aromatic carbocycles. The van der Waals surface area contributed by atoms with Gasteiger partial charge in [0.2, 0.25) is 5.91 Å². The lowest BCUT2D eigenvalue weighted by Crippen LogP contribution is -2.56. The van der Waals surface area contributed by atoms with Crippen molar-refractivity contribution in [2.75, 3.05) is 35.3 Å². The second kappa shape index (κ2) is 8.24. The van der Waals surface area contributed by atoms with Crippen LogP contribution in [0.15, 0.2) is 18.2 Å². The molecule has 1 atom stereocenters. The first-order valence-electron chi connectivity index (χ1n) is 12.6. The van der Waals surface area contributed by atoms with E-state index in [1.54, 1.807) is 9.58 Å². The number of alkyl halides is 2. The van der Waals surface area contributed by atoms with Gasteiger partial charge in [-0.3, -0.25) is 9.59 Å². The normalized spacial score (nSPS) is 23.9. The van der Waals surface area contributed by atoms with E-state index >= 15 is 0 Å². The SMILES string of the molecule is CS(=O)(=O)CC(=O)Nc1c2c(nn1CCC1CC1)C[C@@]1(CCc3cc(N4CC(F)(F)C4)ccc31)NC2=O. The van der Waals surface area contributed by atoms with Crippen LogP contribution in [0.25, 0.3) is 0 Å². The van der Waals surface area contributed by atoms with Gasteiger partial charge >= 0.3 is 0 Å². The number of hydrogen-bond donors (Lipinski definition) is 2. The number of aromatic nitrogens is 2. The highest BCUT2D eigenvalue weighted by molar-refractivity contribution is 7.91. The largest absolute Gasteiger partial charge is 0.359 e. The highest BCUT2D eigenvalue weighted by atomic mass is 32.2. The Balaban J connectivity index is 1.30. The van der Waals surface area contributed by atoms with Gasteiger partial charge in [0, 0.05) is 24.9 Å². The molecule has 1 aromatic heterocycles. The maximum atomic E-state index is 13.5. The van der Waals surface area contributed by atoms with Crippen LogP contribution in [0.2, 0.25) is 0 Å². The molecule has 2 amide bonds. The number of amides is 2. The minimum absolute atomic E-state index is 0.240. The molecule has 1 spiro atoms. The van der Waals surface area contributed by atoms with Crippen molar-refractivity contribution in [3.63, 3.8) is 0 Å². The molecular formula is C25H29F2N5O4S. The lowest BCUT2D eigenvalue weighted by molar-refractivity contribution is -0.113. The zero-order chi connectivity index (χ0) is 26.2. The third-order valence-corrected chi connectivity index (χ3v) is 8.59. The number of hydrogen-bond acceptors (Lipinski definition) is 6. The van der Waals surface area contributed by atoms with Crippen LogP contribution in [-0.2, 0) is 39.6 Å². The summed E-state index contributed by atoms with van der Waals surface area (Å²) in [4.78, 5) is 27.6. The van der Waals surface area contributed by atoms with Gasteiger partial charge in [-0.25, -0.2) is 21.9 Å². The molecule has 0 unspecified atom stereocenters. The fourth-order valence-electron chi connectivity index (χ4n) is 5.83. The fraction of sp³-hybridized carbons (Fsp3) is 0.560. The summed E-state index contributed by atoms with van der Waals surface area (Å²) in [7, 11) is -3.54. The molecule has 1 saturated carbocycles. The van der Waals surface area contributed by atoms with Gasteiger partial charge in [0.05, 0.1) is 24.3 Å². The Hall–Kier alpha value is -3.02. The minimum atomic E-state index is -3.54. The van der Waals surface area contributed by atoms with E-state index in [1.165, 1.54) is 0 Å². The second-order valence-electron chi connectivity index (χ2n) is 11.0. The summed E-state index contributed by atoms with van der Waals surface area (Å²) in [5, 5.41) is 10.5. The molecule has 6 rings (SSSR count). The average molecular weight is 534 g/mol. The molecule has 37 heavy (non-hydrogen) atoms. The van der Waals surface area contributed by atoms with Crippen molar-refractivity contribution >= 4 is 33.2 Å². The number of nitrogens with one attached hydrogen (secondary N) is 2. The Kier molecular flexibility index (Phi) is 5.42. The second-order valence-corrected chi connectivity index (χ2v) is 13.2. The van der Waals surface area contributed by atoms with Gasteiger partial charge in [0.15, 0.2) is 9.84 Å². The van der Waals surface area contributed by atoms with Crippen molar-refractivity contribution in [3.8, 4) is 0 Å². The number of sulfone groups is 1. The van der Waals surface area contributed by atoms with Crippen molar-refractivity contribution in [2.45, 2.75) is 56.5 Å². The highest BCUT2D eigenvalue weighted by Gasteiger charge is 2.48. The predicted molar refractivity (Wildman–Crippen MR) is 133 cm³/mol. The van der Waals surface area contributed by atoms with Crippen LogP contribution in [0, 0.1) is 5.92 Å². The lowest BCUT2D eigenvalue weighted by Gasteiger charge is -2.41. The summed E-state index contributed by atoms with van der Waals surface area (Å²) < 4.78 is 51.6. The van der Waals surface area contributed by atoms with Crippen molar-refractivity contribution in [3.05, 3.63) is 40.6 Å². The third kappa shape index (κ3) is 4.60. The van der Waals surface area contributed by atoms with Gasteiger partial charge in [0.25, 0.3) is 11.8 Å². The Labute approximate surface area is 213 Å². The van der Waals surface area contributed by atoms with Crippen LogP contribution in [-0.4, -0.2) is 61.0 Å². The minimum Gasteiger partial charge on any atom is -0.359 e.